The molecule has 0 amide bonds. The summed E-state index contributed by atoms with van der Waals surface area (Å²) in [4.78, 5) is 0. The molecule has 0 atom stereocenters. The van der Waals surface area contributed by atoms with Gasteiger partial charge in [-0.25, -0.2) is 0 Å². The largest absolute Gasteiger partial charge is 0.0845 e. The molecule has 0 aliphatic heterocycles. The average Bonchev–Trinajstić information content (AvgIpc) is 2.51. The van der Waals surface area contributed by atoms with Crippen LogP contribution in [0.5, 0.6) is 0 Å². The molecular formula is C18H22Si. The molecule has 0 N–H and O–H groups in total. The van der Waals surface area contributed by atoms with Gasteiger partial charge in [-0.2, -0.15) is 0 Å². The first-order chi connectivity index (χ1) is 9.45. The minimum Gasteiger partial charge on any atom is -0.0845 e. The van der Waals surface area contributed by atoms with E-state index in [1.807, 2.05) is 0 Å². The second-order valence-corrected chi connectivity index (χ2v) is 9.05. The Kier molecular flexibility index (Phi) is 4.14. The molecule has 0 aromatic heterocycles. The Morgan fingerprint density at radius 3 is 1.00 bits per heavy atom. The highest BCUT2D eigenvalue weighted by molar-refractivity contribution is 6.67. The highest BCUT2D eigenvalue weighted by Gasteiger charge is 2.31. The molecule has 0 saturated carbocycles. The van der Waals surface area contributed by atoms with Crippen molar-refractivity contribution in [1.82, 2.24) is 0 Å². The molecule has 3 rings (SSSR count). The molecule has 1 heteroatoms. The van der Waals surface area contributed by atoms with Gasteiger partial charge in [-0.1, -0.05) is 72.9 Å². The molecule has 0 fully saturated rings. The van der Waals surface area contributed by atoms with Crippen LogP contribution < -0.4 is 0 Å². The van der Waals surface area contributed by atoms with E-state index in [-0.39, 0.29) is 0 Å². The zero-order valence-corrected chi connectivity index (χ0v) is 12.5. The molecule has 98 valence electrons. The van der Waals surface area contributed by atoms with E-state index in [0.717, 1.165) is 19.3 Å². The van der Waals surface area contributed by atoms with Crippen LogP contribution in [-0.4, -0.2) is 8.80 Å². The number of hydrogen-bond donors (Lipinski definition) is 0. The lowest BCUT2D eigenvalue weighted by Crippen LogP contribution is -2.29. The molecule has 0 nitrogen and oxygen atoms in total. The summed E-state index contributed by atoms with van der Waals surface area (Å²) in [6.45, 7) is 0. The van der Waals surface area contributed by atoms with Crippen molar-refractivity contribution in [2.24, 2.45) is 0 Å². The van der Waals surface area contributed by atoms with E-state index in [4.69, 9.17) is 0 Å². The van der Waals surface area contributed by atoms with E-state index in [0.29, 0.717) is 16.6 Å². The van der Waals surface area contributed by atoms with Gasteiger partial charge in [0.2, 0.25) is 0 Å². The number of hydrogen-bond acceptors (Lipinski definition) is 0. The topological polar surface area (TPSA) is 0 Å². The van der Waals surface area contributed by atoms with Crippen molar-refractivity contribution in [3.05, 3.63) is 72.9 Å². The molecule has 0 unspecified atom stereocenters. The maximum absolute atomic E-state index is 2.46. The number of allylic oxidation sites excluding steroid dienone is 12. The van der Waals surface area contributed by atoms with Crippen LogP contribution >= 0.6 is 0 Å². The summed E-state index contributed by atoms with van der Waals surface area (Å²) in [5, 5.41) is 0. The monoisotopic (exact) mass is 266 g/mol. The van der Waals surface area contributed by atoms with Crippen LogP contribution in [-0.2, 0) is 0 Å². The first-order valence-corrected chi connectivity index (χ1v) is 9.45. The summed E-state index contributed by atoms with van der Waals surface area (Å²) in [6, 6.07) is 0. The average molecular weight is 266 g/mol. The van der Waals surface area contributed by atoms with Crippen molar-refractivity contribution in [2.75, 3.05) is 0 Å². The Labute approximate surface area is 118 Å². The summed E-state index contributed by atoms with van der Waals surface area (Å²) in [5.41, 5.74) is 2.09. The van der Waals surface area contributed by atoms with Crippen molar-refractivity contribution in [1.29, 1.82) is 0 Å². The van der Waals surface area contributed by atoms with Gasteiger partial charge in [-0.05, 0) is 35.9 Å². The molecule has 0 aromatic rings. The smallest absolute Gasteiger partial charge is 0.0718 e. The highest BCUT2D eigenvalue weighted by atomic mass is 28.3. The molecule has 0 aromatic carbocycles. The Bertz CT molecular complexity index is 369. The maximum Gasteiger partial charge on any atom is 0.0718 e. The first-order valence-electron chi connectivity index (χ1n) is 7.45. The molecule has 0 radical (unpaired) electrons. The highest BCUT2D eigenvalue weighted by Crippen LogP contribution is 2.39. The van der Waals surface area contributed by atoms with Crippen LogP contribution in [0.3, 0.4) is 0 Å². The van der Waals surface area contributed by atoms with Gasteiger partial charge >= 0.3 is 0 Å². The lowest BCUT2D eigenvalue weighted by molar-refractivity contribution is 1.05. The predicted octanol–water partition coefficient (Wildman–Crippen LogP) is 4.87. The van der Waals surface area contributed by atoms with E-state index >= 15 is 0 Å². The Morgan fingerprint density at radius 1 is 0.474 bits per heavy atom. The van der Waals surface area contributed by atoms with Crippen LogP contribution in [0.15, 0.2) is 72.9 Å². The fraction of sp³-hybridized carbons (Fsp3) is 0.333. The van der Waals surface area contributed by atoms with Gasteiger partial charge in [0.05, 0.1) is 8.80 Å². The van der Waals surface area contributed by atoms with Gasteiger partial charge in [0.1, 0.15) is 0 Å². The zero-order valence-electron chi connectivity index (χ0n) is 11.4. The summed E-state index contributed by atoms with van der Waals surface area (Å²) in [6.07, 6.45) is 32.2. The molecule has 0 bridgehead atoms. The minimum atomic E-state index is -0.999. The lowest BCUT2D eigenvalue weighted by atomic mass is 10.2. The third-order valence-electron chi connectivity index (χ3n) is 4.30. The number of rotatable bonds is 3. The van der Waals surface area contributed by atoms with E-state index in [1.54, 1.807) is 0 Å². The normalized spacial score (nSPS) is 23.8. The van der Waals surface area contributed by atoms with Crippen molar-refractivity contribution >= 4 is 8.80 Å². The van der Waals surface area contributed by atoms with Gasteiger partial charge in [0, 0.05) is 0 Å². The summed E-state index contributed by atoms with van der Waals surface area (Å²) in [5.74, 6) is 0. The molecular weight excluding hydrogens is 244 g/mol. The molecule has 3 aliphatic rings. The second-order valence-electron chi connectivity index (χ2n) is 5.59. The van der Waals surface area contributed by atoms with Crippen molar-refractivity contribution in [3.8, 4) is 0 Å². The van der Waals surface area contributed by atoms with Crippen LogP contribution in [0.4, 0.5) is 0 Å². The minimum absolute atomic E-state index is 0.698. The summed E-state index contributed by atoms with van der Waals surface area (Å²) in [7, 11) is -0.999. The predicted molar refractivity (Wildman–Crippen MR) is 87.1 cm³/mol. The summed E-state index contributed by atoms with van der Waals surface area (Å²) < 4.78 is 0. The van der Waals surface area contributed by atoms with Gasteiger partial charge in [-0.3, -0.25) is 0 Å². The molecule has 0 spiro atoms. The fourth-order valence-corrected chi connectivity index (χ4v) is 7.40. The zero-order chi connectivity index (χ0) is 12.9. The maximum atomic E-state index is 2.46. The van der Waals surface area contributed by atoms with Gasteiger partial charge < -0.3 is 0 Å². The molecule has 3 aliphatic carbocycles. The van der Waals surface area contributed by atoms with Crippen molar-refractivity contribution in [2.45, 2.75) is 35.9 Å². The van der Waals surface area contributed by atoms with E-state index < -0.39 is 8.80 Å². The van der Waals surface area contributed by atoms with Crippen LogP contribution in [0, 0.1) is 0 Å². The van der Waals surface area contributed by atoms with E-state index in [2.05, 4.69) is 72.9 Å². The molecule has 0 saturated heterocycles. The van der Waals surface area contributed by atoms with Crippen LogP contribution in [0.1, 0.15) is 19.3 Å². The van der Waals surface area contributed by atoms with Gasteiger partial charge in [0.15, 0.2) is 0 Å². The first kappa shape index (κ1) is 12.7. The Balaban J connectivity index is 1.87. The Morgan fingerprint density at radius 2 is 0.737 bits per heavy atom. The third kappa shape index (κ3) is 2.98. The van der Waals surface area contributed by atoms with Crippen LogP contribution in [0.2, 0.25) is 16.6 Å². The van der Waals surface area contributed by atoms with Crippen molar-refractivity contribution in [3.63, 3.8) is 0 Å². The Hall–Kier alpha value is -1.34. The van der Waals surface area contributed by atoms with Gasteiger partial charge in [-0.15, -0.1) is 0 Å². The van der Waals surface area contributed by atoms with Crippen molar-refractivity contribution < 1.29 is 0 Å². The van der Waals surface area contributed by atoms with Crippen LogP contribution in [0.25, 0.3) is 0 Å². The third-order valence-corrected chi connectivity index (χ3v) is 8.30. The fourth-order valence-electron chi connectivity index (χ4n) is 3.38. The summed E-state index contributed by atoms with van der Waals surface area (Å²) >= 11 is 0. The standard InChI is InChI=1S/C18H22Si/c1-4-10-16(11-5-1)19(17-12-6-2-7-13-17)18-14-8-3-9-15-18/h4-19H,1-3H2. The quantitative estimate of drug-likeness (QED) is 0.505. The van der Waals surface area contributed by atoms with Gasteiger partial charge in [0.25, 0.3) is 0 Å². The molecule has 0 heterocycles. The lowest BCUT2D eigenvalue weighted by Gasteiger charge is -2.33. The van der Waals surface area contributed by atoms with E-state index in [9.17, 15) is 0 Å². The van der Waals surface area contributed by atoms with E-state index in [1.165, 1.54) is 0 Å². The second kappa shape index (κ2) is 6.20. The SMILES string of the molecule is C1=CC([SiH](C2C=CCC=C2)C2C=CCC=C2)C=CC1. The molecule has 19 heavy (non-hydrogen) atoms.